The topological polar surface area (TPSA) is 107 Å². The molecule has 0 saturated heterocycles. The standard InChI is InChI=1S/C6H5N3O5/c10-6(11)3-1-8-2-7-4(9(12)13)5(8)14-3/h2-3H,1H2,(H,10,11). The van der Waals surface area contributed by atoms with Gasteiger partial charge < -0.3 is 20.0 Å². The number of nitro groups is 1. The van der Waals surface area contributed by atoms with E-state index in [1.165, 1.54) is 10.9 Å². The summed E-state index contributed by atoms with van der Waals surface area (Å²) in [5.74, 6) is -1.70. The van der Waals surface area contributed by atoms with Crippen LogP contribution in [0, 0.1) is 10.1 Å². The molecule has 0 spiro atoms. The smallest absolute Gasteiger partial charge is 0.426 e. The Hall–Kier alpha value is -2.12. The van der Waals surface area contributed by atoms with Gasteiger partial charge in [-0.1, -0.05) is 0 Å². The molecule has 0 amide bonds. The molecule has 1 N–H and O–H groups in total. The molecule has 8 heteroatoms. The summed E-state index contributed by atoms with van der Waals surface area (Å²) in [6.07, 6.45) is 0.128. The largest absolute Gasteiger partial charge is 0.478 e. The number of aliphatic carboxylic acids is 1. The van der Waals surface area contributed by atoms with Crippen molar-refractivity contribution in [2.45, 2.75) is 12.6 Å². The van der Waals surface area contributed by atoms with Gasteiger partial charge in [-0.3, -0.25) is 4.57 Å². The van der Waals surface area contributed by atoms with Crippen molar-refractivity contribution in [2.24, 2.45) is 0 Å². The fourth-order valence-electron chi connectivity index (χ4n) is 1.22. The summed E-state index contributed by atoms with van der Waals surface area (Å²) in [4.78, 5) is 23.7. The van der Waals surface area contributed by atoms with Gasteiger partial charge in [0.1, 0.15) is 0 Å². The predicted octanol–water partition coefficient (Wildman–Crippen LogP) is -0.363. The van der Waals surface area contributed by atoms with Crippen molar-refractivity contribution < 1.29 is 19.6 Å². The molecule has 1 atom stereocenters. The van der Waals surface area contributed by atoms with Gasteiger partial charge in [-0.05, 0) is 9.91 Å². The van der Waals surface area contributed by atoms with E-state index in [2.05, 4.69) is 4.98 Å². The summed E-state index contributed by atoms with van der Waals surface area (Å²) in [5.41, 5.74) is 0. The van der Waals surface area contributed by atoms with E-state index in [4.69, 9.17) is 9.84 Å². The predicted molar refractivity (Wildman–Crippen MR) is 40.9 cm³/mol. The zero-order valence-electron chi connectivity index (χ0n) is 6.78. The second-order valence-corrected chi connectivity index (χ2v) is 2.73. The highest BCUT2D eigenvalue weighted by Crippen LogP contribution is 2.30. The number of carboxylic acid groups (broad SMARTS) is 1. The van der Waals surface area contributed by atoms with Gasteiger partial charge in [0.05, 0.1) is 6.54 Å². The summed E-state index contributed by atoms with van der Waals surface area (Å²) < 4.78 is 6.16. The maximum absolute atomic E-state index is 10.5. The molecule has 0 aromatic carbocycles. The van der Waals surface area contributed by atoms with Crippen LogP contribution >= 0.6 is 0 Å². The highest BCUT2D eigenvalue weighted by Gasteiger charge is 2.36. The average Bonchev–Trinajstić information content (AvgIpc) is 2.58. The van der Waals surface area contributed by atoms with Crippen LogP contribution in [0.15, 0.2) is 6.33 Å². The van der Waals surface area contributed by atoms with E-state index in [1.807, 2.05) is 0 Å². The van der Waals surface area contributed by atoms with E-state index in [-0.39, 0.29) is 12.4 Å². The molecule has 14 heavy (non-hydrogen) atoms. The molecular weight excluding hydrogens is 194 g/mol. The van der Waals surface area contributed by atoms with E-state index >= 15 is 0 Å². The van der Waals surface area contributed by atoms with E-state index in [0.29, 0.717) is 0 Å². The minimum atomic E-state index is -1.15. The number of imidazole rings is 1. The zero-order valence-corrected chi connectivity index (χ0v) is 6.78. The number of carbonyl (C=O) groups is 1. The lowest BCUT2D eigenvalue weighted by atomic mass is 10.4. The Labute approximate surface area is 76.9 Å². The second-order valence-electron chi connectivity index (χ2n) is 2.73. The molecular formula is C6H5N3O5. The number of nitrogens with zero attached hydrogens (tertiary/aromatic N) is 3. The summed E-state index contributed by atoms with van der Waals surface area (Å²) in [6, 6.07) is 0. The number of rotatable bonds is 2. The SMILES string of the molecule is O=C(O)C1Cn2cnc([N+](=O)[O-])c2O1. The Bertz CT molecular complexity index is 412. The van der Waals surface area contributed by atoms with Crippen LogP contribution in [0.1, 0.15) is 0 Å². The number of ether oxygens (including phenoxy) is 1. The molecule has 1 aromatic rings. The molecule has 1 aromatic heterocycles. The summed E-state index contributed by atoms with van der Waals surface area (Å²) in [6.45, 7) is 0.0471. The average molecular weight is 199 g/mol. The van der Waals surface area contributed by atoms with Crippen molar-refractivity contribution in [1.29, 1.82) is 0 Å². The quantitative estimate of drug-likeness (QED) is 0.514. The van der Waals surface area contributed by atoms with E-state index in [9.17, 15) is 14.9 Å². The summed E-state index contributed by atoms with van der Waals surface area (Å²) >= 11 is 0. The van der Waals surface area contributed by atoms with Crippen LogP contribution in [-0.4, -0.2) is 31.7 Å². The molecule has 0 bridgehead atoms. The second kappa shape index (κ2) is 2.69. The van der Waals surface area contributed by atoms with Gasteiger partial charge in [0, 0.05) is 0 Å². The van der Waals surface area contributed by atoms with Crippen molar-refractivity contribution in [3.05, 3.63) is 16.4 Å². The highest BCUT2D eigenvalue weighted by molar-refractivity contribution is 5.73. The van der Waals surface area contributed by atoms with Gasteiger partial charge in [-0.15, -0.1) is 0 Å². The third-order valence-electron chi connectivity index (χ3n) is 1.84. The first-order valence-corrected chi connectivity index (χ1v) is 3.68. The Morgan fingerprint density at radius 2 is 2.57 bits per heavy atom. The molecule has 74 valence electrons. The Kier molecular flexibility index (Phi) is 1.63. The third kappa shape index (κ3) is 1.08. The van der Waals surface area contributed by atoms with Gasteiger partial charge in [-0.25, -0.2) is 4.79 Å². The maximum Gasteiger partial charge on any atom is 0.426 e. The molecule has 0 fully saturated rings. The Balaban J connectivity index is 2.32. The lowest BCUT2D eigenvalue weighted by molar-refractivity contribution is -0.390. The van der Waals surface area contributed by atoms with Crippen molar-refractivity contribution >= 4 is 11.8 Å². The number of fused-ring (bicyclic) bond motifs is 1. The number of hydrogen-bond donors (Lipinski definition) is 1. The maximum atomic E-state index is 10.5. The van der Waals surface area contributed by atoms with Gasteiger partial charge in [-0.2, -0.15) is 0 Å². The molecule has 0 aliphatic carbocycles. The van der Waals surface area contributed by atoms with Gasteiger partial charge in [0.15, 0.2) is 0 Å². The first-order valence-electron chi connectivity index (χ1n) is 3.68. The van der Waals surface area contributed by atoms with E-state index in [0.717, 1.165) is 0 Å². The van der Waals surface area contributed by atoms with Gasteiger partial charge in [0.2, 0.25) is 12.4 Å². The Morgan fingerprint density at radius 1 is 1.86 bits per heavy atom. The molecule has 2 heterocycles. The fourth-order valence-corrected chi connectivity index (χ4v) is 1.22. The first-order chi connectivity index (χ1) is 6.59. The first kappa shape index (κ1) is 8.48. The van der Waals surface area contributed by atoms with Crippen molar-refractivity contribution in [3.63, 3.8) is 0 Å². The molecule has 1 aliphatic heterocycles. The van der Waals surface area contributed by atoms with Crippen molar-refractivity contribution in [2.75, 3.05) is 0 Å². The Morgan fingerprint density at radius 3 is 3.14 bits per heavy atom. The highest BCUT2D eigenvalue weighted by atomic mass is 16.6. The monoisotopic (exact) mass is 199 g/mol. The van der Waals surface area contributed by atoms with Crippen molar-refractivity contribution in [3.8, 4) is 5.88 Å². The van der Waals surface area contributed by atoms with Crippen LogP contribution in [0.5, 0.6) is 5.88 Å². The molecule has 2 rings (SSSR count). The number of hydrogen-bond acceptors (Lipinski definition) is 5. The lowest BCUT2D eigenvalue weighted by Crippen LogP contribution is -2.25. The number of aromatic nitrogens is 2. The molecule has 0 radical (unpaired) electrons. The normalized spacial score (nSPS) is 18.7. The lowest BCUT2D eigenvalue weighted by Gasteiger charge is -2.01. The van der Waals surface area contributed by atoms with Crippen LogP contribution in [0.4, 0.5) is 5.82 Å². The van der Waals surface area contributed by atoms with Gasteiger partial charge >= 0.3 is 11.8 Å². The fraction of sp³-hybridized carbons (Fsp3) is 0.333. The van der Waals surface area contributed by atoms with Crippen LogP contribution in [0.3, 0.4) is 0 Å². The molecule has 8 nitrogen and oxygen atoms in total. The molecule has 1 aliphatic rings. The summed E-state index contributed by atoms with van der Waals surface area (Å²) in [5, 5.41) is 19.0. The van der Waals surface area contributed by atoms with E-state index in [1.54, 1.807) is 0 Å². The van der Waals surface area contributed by atoms with Crippen LogP contribution < -0.4 is 4.74 Å². The minimum Gasteiger partial charge on any atom is -0.478 e. The summed E-state index contributed by atoms with van der Waals surface area (Å²) in [7, 11) is 0. The van der Waals surface area contributed by atoms with Crippen LogP contribution in [0.25, 0.3) is 0 Å². The number of carboxylic acids is 1. The zero-order chi connectivity index (χ0) is 10.3. The van der Waals surface area contributed by atoms with Crippen LogP contribution in [0.2, 0.25) is 0 Å². The molecule has 1 unspecified atom stereocenters. The third-order valence-corrected chi connectivity index (χ3v) is 1.84. The minimum absolute atomic E-state index is 0.0471. The van der Waals surface area contributed by atoms with Crippen molar-refractivity contribution in [1.82, 2.24) is 9.55 Å². The molecule has 0 saturated carbocycles. The van der Waals surface area contributed by atoms with Gasteiger partial charge in [0.25, 0.3) is 5.88 Å². The van der Waals surface area contributed by atoms with E-state index < -0.39 is 22.8 Å². The van der Waals surface area contributed by atoms with Crippen LogP contribution in [-0.2, 0) is 11.3 Å².